The molecule has 1 amide bonds. The second kappa shape index (κ2) is 8.58. The summed E-state index contributed by atoms with van der Waals surface area (Å²) < 4.78 is 15.7. The third-order valence-electron chi connectivity index (χ3n) is 6.86. The number of aliphatic hydroxyl groups is 1. The minimum Gasteiger partial charge on any atom is -0.384 e. The van der Waals surface area contributed by atoms with E-state index in [4.69, 9.17) is 0 Å². The normalized spacial score (nSPS) is 23.0. The van der Waals surface area contributed by atoms with Gasteiger partial charge in [-0.1, -0.05) is 19.9 Å². The molecule has 8 heteroatoms. The molecule has 172 valence electrons. The largest absolute Gasteiger partial charge is 0.384 e. The number of halogens is 1. The maximum atomic E-state index is 15.7. The minimum absolute atomic E-state index is 0.0349. The molecule has 0 saturated carbocycles. The number of H-pyrrole nitrogens is 1. The van der Waals surface area contributed by atoms with Gasteiger partial charge in [-0.15, -0.1) is 0 Å². The third kappa shape index (κ3) is 3.67. The van der Waals surface area contributed by atoms with Crippen LogP contribution in [-0.4, -0.2) is 52.6 Å². The van der Waals surface area contributed by atoms with Gasteiger partial charge < -0.3 is 20.3 Å². The van der Waals surface area contributed by atoms with Crippen molar-refractivity contribution in [3.63, 3.8) is 0 Å². The van der Waals surface area contributed by atoms with Gasteiger partial charge in [-0.25, -0.2) is 9.37 Å². The summed E-state index contributed by atoms with van der Waals surface area (Å²) in [6.45, 7) is 6.42. The van der Waals surface area contributed by atoms with Crippen molar-refractivity contribution < 1.29 is 14.3 Å². The Morgan fingerprint density at radius 3 is 2.70 bits per heavy atom. The van der Waals surface area contributed by atoms with Crippen molar-refractivity contribution in [1.82, 2.24) is 20.2 Å². The van der Waals surface area contributed by atoms with Gasteiger partial charge in [0.1, 0.15) is 23.1 Å². The van der Waals surface area contributed by atoms with E-state index < -0.39 is 11.4 Å². The maximum absolute atomic E-state index is 15.7. The van der Waals surface area contributed by atoms with E-state index in [1.807, 2.05) is 19.9 Å². The fourth-order valence-electron chi connectivity index (χ4n) is 5.25. The van der Waals surface area contributed by atoms with Crippen molar-refractivity contribution in [3.05, 3.63) is 53.1 Å². The number of aryl methyl sites for hydroxylation is 1. The van der Waals surface area contributed by atoms with Crippen molar-refractivity contribution in [1.29, 1.82) is 5.26 Å². The van der Waals surface area contributed by atoms with Gasteiger partial charge in [-0.2, -0.15) is 5.26 Å². The van der Waals surface area contributed by atoms with Crippen molar-refractivity contribution >= 4 is 16.9 Å². The zero-order chi connectivity index (χ0) is 23.9. The molecule has 1 aliphatic heterocycles. The molecule has 3 aromatic rings. The number of hydrogen-bond acceptors (Lipinski definition) is 5. The van der Waals surface area contributed by atoms with Crippen LogP contribution in [0.4, 0.5) is 4.39 Å². The lowest BCUT2D eigenvalue weighted by molar-refractivity contribution is -0.148. The first kappa shape index (κ1) is 22.9. The number of likely N-dealkylation sites (N-methyl/N-ethyl adjacent to an activating group) is 1. The van der Waals surface area contributed by atoms with Crippen LogP contribution in [0.3, 0.4) is 0 Å². The van der Waals surface area contributed by atoms with E-state index in [9.17, 15) is 15.2 Å². The molecule has 1 saturated heterocycles. The average Bonchev–Trinajstić information content (AvgIpc) is 3.20. The van der Waals surface area contributed by atoms with E-state index in [-0.39, 0.29) is 29.9 Å². The quantitative estimate of drug-likeness (QED) is 0.568. The Morgan fingerprint density at radius 2 is 2.09 bits per heavy atom. The lowest BCUT2D eigenvalue weighted by atomic mass is 9.69. The van der Waals surface area contributed by atoms with Crippen LogP contribution in [0.2, 0.25) is 0 Å². The second-order valence-corrected chi connectivity index (χ2v) is 9.00. The number of piperidine rings is 1. The van der Waals surface area contributed by atoms with E-state index in [0.717, 1.165) is 0 Å². The molecule has 33 heavy (non-hydrogen) atoms. The fraction of sp³-hybridized carbons (Fsp3) is 0.400. The van der Waals surface area contributed by atoms with Gasteiger partial charge in [0.2, 0.25) is 5.91 Å². The number of pyridine rings is 1. The molecule has 2 aromatic heterocycles. The molecule has 3 heterocycles. The molecule has 1 unspecified atom stereocenters. The molecule has 0 aliphatic carbocycles. The molecule has 1 fully saturated rings. The number of benzene rings is 1. The van der Waals surface area contributed by atoms with Gasteiger partial charge in [0.05, 0.1) is 12.1 Å². The summed E-state index contributed by atoms with van der Waals surface area (Å²) in [6, 6.07) is 7.17. The Bertz CT molecular complexity index is 1230. The van der Waals surface area contributed by atoms with E-state index in [1.54, 1.807) is 37.3 Å². The summed E-state index contributed by atoms with van der Waals surface area (Å²) in [5, 5.41) is 24.8. The number of carbonyl (C=O) groups is 1. The summed E-state index contributed by atoms with van der Waals surface area (Å²) in [6.07, 6.45) is 3.21. The highest BCUT2D eigenvalue weighted by molar-refractivity contribution is 5.97. The van der Waals surface area contributed by atoms with E-state index in [2.05, 4.69) is 21.4 Å². The Labute approximate surface area is 192 Å². The van der Waals surface area contributed by atoms with E-state index in [1.165, 1.54) is 6.07 Å². The lowest BCUT2D eigenvalue weighted by Gasteiger charge is -2.48. The van der Waals surface area contributed by atoms with Crippen LogP contribution in [0, 0.1) is 35.9 Å². The molecule has 3 N–H and O–H groups in total. The number of nitrogens with zero attached hydrogens (tertiary/aromatic N) is 3. The molecule has 1 aromatic carbocycles. The molecule has 0 bridgehead atoms. The van der Waals surface area contributed by atoms with Crippen molar-refractivity contribution in [3.8, 4) is 17.2 Å². The highest BCUT2D eigenvalue weighted by Crippen LogP contribution is 2.45. The SMILES string of the molecule is CNCC(=O)N1C[C@@H](C)C(O)(c2c(C)cc(-c3ccnc4[nH]cc(C#N)c34)cc2F)[C@@H](C)C1. The molecule has 0 spiro atoms. The Balaban J connectivity index is 1.77. The topological polar surface area (TPSA) is 105 Å². The minimum atomic E-state index is -1.41. The highest BCUT2D eigenvalue weighted by atomic mass is 19.1. The summed E-state index contributed by atoms with van der Waals surface area (Å²) in [5.74, 6) is -1.25. The molecular weight excluding hydrogens is 421 g/mol. The summed E-state index contributed by atoms with van der Waals surface area (Å²) in [7, 11) is 1.72. The van der Waals surface area contributed by atoms with Gasteiger partial charge >= 0.3 is 0 Å². The molecular formula is C25H28FN5O2. The van der Waals surface area contributed by atoms with Crippen LogP contribution >= 0.6 is 0 Å². The summed E-state index contributed by atoms with van der Waals surface area (Å²) in [4.78, 5) is 21.4. The lowest BCUT2D eigenvalue weighted by Crippen LogP contribution is -2.57. The first-order valence-corrected chi connectivity index (χ1v) is 11.0. The molecule has 0 radical (unpaired) electrons. The molecule has 3 atom stereocenters. The number of likely N-dealkylation sites (tertiary alicyclic amines) is 1. The van der Waals surface area contributed by atoms with Gasteiger partial charge in [-0.3, -0.25) is 4.79 Å². The third-order valence-corrected chi connectivity index (χ3v) is 6.86. The number of nitriles is 1. The smallest absolute Gasteiger partial charge is 0.236 e. The molecule has 1 aliphatic rings. The number of aromatic amines is 1. The van der Waals surface area contributed by atoms with Gasteiger partial charge in [0.25, 0.3) is 0 Å². The number of rotatable bonds is 4. The zero-order valence-electron chi connectivity index (χ0n) is 19.2. The van der Waals surface area contributed by atoms with Crippen LogP contribution in [0.1, 0.15) is 30.5 Å². The highest BCUT2D eigenvalue weighted by Gasteiger charge is 2.48. The number of aromatic nitrogens is 2. The number of carbonyl (C=O) groups excluding carboxylic acids is 1. The standard InChI is InChI=1S/C25H28FN5O2/c1-14-7-17(19-5-6-29-24-22(19)18(9-27)10-30-24)8-20(26)23(14)25(33)15(2)12-31(13-16(25)3)21(32)11-28-4/h5-8,10,15-16,28,33H,11-13H2,1-4H3,(H,29,30)/t15-,16+,25?. The fourth-order valence-corrected chi connectivity index (χ4v) is 5.25. The van der Waals surface area contributed by atoms with Crippen LogP contribution in [0.5, 0.6) is 0 Å². The van der Waals surface area contributed by atoms with Crippen LogP contribution < -0.4 is 5.32 Å². The Hall–Kier alpha value is -3.28. The predicted molar refractivity (Wildman–Crippen MR) is 124 cm³/mol. The van der Waals surface area contributed by atoms with Gasteiger partial charge in [-0.05, 0) is 42.8 Å². The maximum Gasteiger partial charge on any atom is 0.236 e. The first-order valence-electron chi connectivity index (χ1n) is 11.0. The Kier molecular flexibility index (Phi) is 5.95. The molecule has 7 nitrogen and oxygen atoms in total. The predicted octanol–water partition coefficient (Wildman–Crippen LogP) is 3.07. The summed E-state index contributed by atoms with van der Waals surface area (Å²) in [5.41, 5.74) is 1.80. The van der Waals surface area contributed by atoms with E-state index in [0.29, 0.717) is 46.4 Å². The molecule has 4 rings (SSSR count). The number of hydrogen-bond donors (Lipinski definition) is 3. The van der Waals surface area contributed by atoms with Crippen LogP contribution in [-0.2, 0) is 10.4 Å². The number of fused-ring (bicyclic) bond motifs is 1. The Morgan fingerprint density at radius 1 is 1.39 bits per heavy atom. The van der Waals surface area contributed by atoms with Crippen LogP contribution in [0.25, 0.3) is 22.2 Å². The van der Waals surface area contributed by atoms with Crippen molar-refractivity contribution in [2.45, 2.75) is 26.4 Å². The average molecular weight is 450 g/mol. The van der Waals surface area contributed by atoms with Gasteiger partial charge in [0, 0.05) is 48.3 Å². The number of nitrogens with one attached hydrogen (secondary N) is 2. The van der Waals surface area contributed by atoms with E-state index >= 15 is 4.39 Å². The zero-order valence-corrected chi connectivity index (χ0v) is 19.2. The first-order chi connectivity index (χ1) is 15.7. The van der Waals surface area contributed by atoms with Gasteiger partial charge in [0.15, 0.2) is 0 Å². The van der Waals surface area contributed by atoms with Crippen molar-refractivity contribution in [2.75, 3.05) is 26.7 Å². The second-order valence-electron chi connectivity index (χ2n) is 9.00. The summed E-state index contributed by atoms with van der Waals surface area (Å²) >= 11 is 0. The number of amides is 1. The monoisotopic (exact) mass is 449 g/mol. The van der Waals surface area contributed by atoms with Crippen LogP contribution in [0.15, 0.2) is 30.6 Å². The van der Waals surface area contributed by atoms with Crippen molar-refractivity contribution in [2.24, 2.45) is 11.8 Å².